The molecule has 0 amide bonds. The molecule has 1 aromatic rings. The zero-order valence-electron chi connectivity index (χ0n) is 11.5. The van der Waals surface area contributed by atoms with Gasteiger partial charge >= 0.3 is 0 Å². The molecule has 0 aliphatic rings. The summed E-state index contributed by atoms with van der Waals surface area (Å²) in [6.45, 7) is 5.29. The summed E-state index contributed by atoms with van der Waals surface area (Å²) >= 11 is 3.51. The van der Waals surface area contributed by atoms with Gasteiger partial charge in [0.15, 0.2) is 0 Å². The van der Waals surface area contributed by atoms with Crippen molar-refractivity contribution in [2.24, 2.45) is 5.92 Å². The second-order valence-corrected chi connectivity index (χ2v) is 5.47. The third kappa shape index (κ3) is 5.40. The fourth-order valence-corrected chi connectivity index (χ4v) is 2.35. The van der Waals surface area contributed by atoms with Crippen LogP contribution in [0, 0.1) is 5.92 Å². The van der Waals surface area contributed by atoms with Crippen LogP contribution in [0.4, 0.5) is 0 Å². The van der Waals surface area contributed by atoms with E-state index in [9.17, 15) is 0 Å². The highest BCUT2D eigenvalue weighted by Gasteiger charge is 2.11. The third-order valence-electron chi connectivity index (χ3n) is 2.85. The maximum Gasteiger partial charge on any atom is 0.119 e. The first kappa shape index (κ1) is 15.5. The fraction of sp³-hybridized carbons (Fsp3) is 0.600. The van der Waals surface area contributed by atoms with Crippen LogP contribution in [0.2, 0.25) is 0 Å². The smallest absolute Gasteiger partial charge is 0.119 e. The van der Waals surface area contributed by atoms with Gasteiger partial charge in [0.05, 0.1) is 13.2 Å². The van der Waals surface area contributed by atoms with Crippen molar-refractivity contribution < 1.29 is 9.47 Å². The minimum absolute atomic E-state index is 0.104. The van der Waals surface area contributed by atoms with E-state index in [1.54, 1.807) is 7.11 Å². The maximum absolute atomic E-state index is 5.92. The minimum atomic E-state index is 0.104. The molecule has 0 saturated heterocycles. The Morgan fingerprint density at radius 2 is 2.06 bits per heavy atom. The molecule has 0 aliphatic carbocycles. The van der Waals surface area contributed by atoms with Crippen molar-refractivity contribution >= 4 is 15.9 Å². The van der Waals surface area contributed by atoms with Crippen molar-refractivity contribution in [2.45, 2.75) is 32.8 Å². The van der Waals surface area contributed by atoms with E-state index in [2.05, 4.69) is 35.8 Å². The Morgan fingerprint density at radius 3 is 2.67 bits per heavy atom. The van der Waals surface area contributed by atoms with Gasteiger partial charge in [0, 0.05) is 11.9 Å². The highest BCUT2D eigenvalue weighted by atomic mass is 79.9. The summed E-state index contributed by atoms with van der Waals surface area (Å²) in [5, 5.41) is 0.807. The largest absolute Gasteiger partial charge is 0.497 e. The number of benzene rings is 1. The molecule has 0 bridgehead atoms. The summed E-state index contributed by atoms with van der Waals surface area (Å²) in [7, 11) is 1.69. The number of methoxy groups -OCH3 is 1. The van der Waals surface area contributed by atoms with E-state index in [4.69, 9.17) is 9.47 Å². The molecular weight excluding hydrogens is 292 g/mol. The van der Waals surface area contributed by atoms with Gasteiger partial charge < -0.3 is 9.47 Å². The van der Waals surface area contributed by atoms with E-state index in [0.29, 0.717) is 0 Å². The van der Waals surface area contributed by atoms with Gasteiger partial charge in [-0.3, -0.25) is 0 Å². The van der Waals surface area contributed by atoms with Gasteiger partial charge in [0.25, 0.3) is 0 Å². The van der Waals surface area contributed by atoms with Crippen molar-refractivity contribution in [3.8, 4) is 5.75 Å². The highest BCUT2D eigenvalue weighted by molar-refractivity contribution is 9.09. The van der Waals surface area contributed by atoms with E-state index in [-0.39, 0.29) is 6.10 Å². The maximum atomic E-state index is 5.92. The number of halogens is 1. The summed E-state index contributed by atoms with van der Waals surface area (Å²) in [6.07, 6.45) is 2.44. The Labute approximate surface area is 119 Å². The second-order valence-electron chi connectivity index (χ2n) is 4.83. The van der Waals surface area contributed by atoms with Crippen LogP contribution in [0.1, 0.15) is 38.4 Å². The van der Waals surface area contributed by atoms with E-state index in [1.807, 2.05) is 18.2 Å². The van der Waals surface area contributed by atoms with E-state index < -0.39 is 0 Å². The van der Waals surface area contributed by atoms with Crippen LogP contribution in [0.15, 0.2) is 24.3 Å². The molecule has 2 nitrogen and oxygen atoms in total. The van der Waals surface area contributed by atoms with E-state index >= 15 is 0 Å². The topological polar surface area (TPSA) is 18.5 Å². The Hall–Kier alpha value is -0.540. The molecule has 0 radical (unpaired) electrons. The van der Waals surface area contributed by atoms with Crippen LogP contribution in [-0.2, 0) is 4.74 Å². The molecule has 0 saturated carbocycles. The average molecular weight is 315 g/mol. The van der Waals surface area contributed by atoms with Gasteiger partial charge in [0.2, 0.25) is 0 Å². The molecule has 18 heavy (non-hydrogen) atoms. The van der Waals surface area contributed by atoms with Crippen molar-refractivity contribution in [3.05, 3.63) is 29.8 Å². The van der Waals surface area contributed by atoms with Crippen LogP contribution in [-0.4, -0.2) is 19.0 Å². The van der Waals surface area contributed by atoms with Crippen molar-refractivity contribution in [2.75, 3.05) is 19.0 Å². The second kappa shape index (κ2) is 8.54. The SMILES string of the molecule is COc1cccc(C(CBr)OCCCC(C)C)c1. The number of hydrogen-bond donors (Lipinski definition) is 0. The van der Waals surface area contributed by atoms with Gasteiger partial charge in [-0.15, -0.1) is 0 Å². The van der Waals surface area contributed by atoms with Gasteiger partial charge in [-0.2, -0.15) is 0 Å². The molecule has 1 unspecified atom stereocenters. The molecule has 0 fully saturated rings. The van der Waals surface area contributed by atoms with Gasteiger partial charge in [-0.05, 0) is 36.5 Å². The molecule has 102 valence electrons. The van der Waals surface area contributed by atoms with Crippen LogP contribution >= 0.6 is 15.9 Å². The monoisotopic (exact) mass is 314 g/mol. The Bertz CT molecular complexity index is 339. The van der Waals surface area contributed by atoms with E-state index in [1.165, 1.54) is 6.42 Å². The Kier molecular flexibility index (Phi) is 7.36. The molecule has 0 aliphatic heterocycles. The lowest BCUT2D eigenvalue weighted by Crippen LogP contribution is -2.08. The standard InChI is InChI=1S/C15H23BrO2/c1-12(2)6-5-9-18-15(11-16)13-7-4-8-14(10-13)17-3/h4,7-8,10,12,15H,5-6,9,11H2,1-3H3. The van der Waals surface area contributed by atoms with Crippen molar-refractivity contribution in [1.29, 1.82) is 0 Å². The third-order valence-corrected chi connectivity index (χ3v) is 3.44. The fourth-order valence-electron chi connectivity index (χ4n) is 1.79. The van der Waals surface area contributed by atoms with Crippen LogP contribution in [0.3, 0.4) is 0 Å². The quantitative estimate of drug-likeness (QED) is 0.516. The first-order valence-corrected chi connectivity index (χ1v) is 7.61. The molecule has 0 heterocycles. The first-order valence-electron chi connectivity index (χ1n) is 6.49. The molecule has 3 heteroatoms. The number of rotatable bonds is 8. The summed E-state index contributed by atoms with van der Waals surface area (Å²) in [4.78, 5) is 0. The number of hydrogen-bond acceptors (Lipinski definition) is 2. The highest BCUT2D eigenvalue weighted by Crippen LogP contribution is 2.24. The summed E-state index contributed by atoms with van der Waals surface area (Å²) in [5.41, 5.74) is 1.16. The van der Waals surface area contributed by atoms with Crippen LogP contribution < -0.4 is 4.74 Å². The first-order chi connectivity index (χ1) is 8.67. The van der Waals surface area contributed by atoms with Gasteiger partial charge in [-0.25, -0.2) is 0 Å². The Morgan fingerprint density at radius 1 is 1.28 bits per heavy atom. The molecule has 1 aromatic carbocycles. The Balaban J connectivity index is 2.49. The molecule has 1 atom stereocenters. The lowest BCUT2D eigenvalue weighted by Gasteiger charge is -2.17. The number of ether oxygens (including phenoxy) is 2. The average Bonchev–Trinajstić information content (AvgIpc) is 2.38. The zero-order chi connectivity index (χ0) is 13.4. The molecule has 1 rings (SSSR count). The molecule has 0 aromatic heterocycles. The zero-order valence-corrected chi connectivity index (χ0v) is 13.1. The molecular formula is C15H23BrO2. The summed E-state index contributed by atoms with van der Waals surface area (Å²) in [5.74, 6) is 1.62. The lowest BCUT2D eigenvalue weighted by molar-refractivity contribution is 0.0653. The van der Waals surface area contributed by atoms with E-state index in [0.717, 1.165) is 35.6 Å². The molecule has 0 N–H and O–H groups in total. The van der Waals surface area contributed by atoms with Crippen molar-refractivity contribution in [3.63, 3.8) is 0 Å². The minimum Gasteiger partial charge on any atom is -0.497 e. The normalized spacial score (nSPS) is 12.7. The lowest BCUT2D eigenvalue weighted by atomic mass is 10.1. The van der Waals surface area contributed by atoms with Crippen LogP contribution in [0.25, 0.3) is 0 Å². The van der Waals surface area contributed by atoms with Gasteiger partial charge in [-0.1, -0.05) is 41.9 Å². The summed E-state index contributed by atoms with van der Waals surface area (Å²) in [6, 6.07) is 8.07. The summed E-state index contributed by atoms with van der Waals surface area (Å²) < 4.78 is 11.2. The molecule has 0 spiro atoms. The number of alkyl halides is 1. The van der Waals surface area contributed by atoms with Crippen LogP contribution in [0.5, 0.6) is 5.75 Å². The van der Waals surface area contributed by atoms with Gasteiger partial charge in [0.1, 0.15) is 5.75 Å². The van der Waals surface area contributed by atoms with Crippen molar-refractivity contribution in [1.82, 2.24) is 0 Å². The predicted octanol–water partition coefficient (Wildman–Crippen LogP) is 4.58. The predicted molar refractivity (Wildman–Crippen MR) is 79.6 cm³/mol.